The molecule has 0 N–H and O–H groups in total. The molecule has 0 aromatic heterocycles. The van der Waals surface area contributed by atoms with Crippen LogP contribution >= 0.6 is 0 Å². The maximum Gasteiger partial charge on any atom is 0.419 e. The first-order chi connectivity index (χ1) is 6.05. The summed E-state index contributed by atoms with van der Waals surface area (Å²) in [6, 6.07) is 6.82. The Bertz CT molecular complexity index is 297. The van der Waals surface area contributed by atoms with Crippen molar-refractivity contribution in [2.45, 2.75) is 6.18 Å². The van der Waals surface area contributed by atoms with Crippen LogP contribution in [0, 0.1) is 0 Å². The molecule has 0 bridgehead atoms. The molecule has 1 aromatic rings. The number of rotatable bonds is 1. The van der Waals surface area contributed by atoms with Crippen molar-refractivity contribution in [3.05, 3.63) is 42.2 Å². The van der Waals surface area contributed by atoms with E-state index >= 15 is 0 Å². The molecule has 0 fully saturated rings. The summed E-state index contributed by atoms with van der Waals surface area (Å²) in [4.78, 5) is 0. The molecule has 0 aliphatic rings. The Kier molecular flexibility index (Phi) is 2.70. The lowest BCUT2D eigenvalue weighted by atomic mass is 10.1. The highest BCUT2D eigenvalue weighted by Gasteiger charge is 2.34. The largest absolute Gasteiger partial charge is 0.419 e. The van der Waals surface area contributed by atoms with Gasteiger partial charge in [0.1, 0.15) is 0 Å². The molecule has 0 amide bonds. The Labute approximate surface area is 72.5 Å². The molecular formula is C9H6F4. The molecule has 1 rings (SSSR count). The van der Waals surface area contributed by atoms with Crippen LogP contribution in [0.15, 0.2) is 36.7 Å². The van der Waals surface area contributed by atoms with E-state index in [9.17, 15) is 17.6 Å². The number of alkyl halides is 3. The number of halogens is 4. The minimum atomic E-state index is -4.64. The molecule has 0 radical (unpaired) electrons. The van der Waals surface area contributed by atoms with Gasteiger partial charge in [-0.05, 0) is 5.56 Å². The topological polar surface area (TPSA) is 0 Å². The van der Waals surface area contributed by atoms with Gasteiger partial charge >= 0.3 is 6.18 Å². The van der Waals surface area contributed by atoms with E-state index in [0.717, 1.165) is 0 Å². The Morgan fingerprint density at radius 3 is 2.00 bits per heavy atom. The van der Waals surface area contributed by atoms with Gasteiger partial charge in [0.05, 0.1) is 11.9 Å². The summed E-state index contributed by atoms with van der Waals surface area (Å²) >= 11 is 0. The van der Waals surface area contributed by atoms with Gasteiger partial charge in [-0.3, -0.25) is 0 Å². The first kappa shape index (κ1) is 9.77. The first-order valence-electron chi connectivity index (χ1n) is 3.48. The predicted molar refractivity (Wildman–Crippen MR) is 41.6 cm³/mol. The zero-order valence-corrected chi connectivity index (χ0v) is 6.48. The summed E-state index contributed by atoms with van der Waals surface area (Å²) in [6.45, 7) is 0. The molecule has 70 valence electrons. The Hall–Kier alpha value is -1.32. The van der Waals surface area contributed by atoms with Gasteiger partial charge in [-0.15, -0.1) is 0 Å². The SMILES string of the molecule is FC=C(c1ccccc1)C(F)(F)F. The summed E-state index contributed by atoms with van der Waals surface area (Å²) < 4.78 is 48.3. The van der Waals surface area contributed by atoms with Gasteiger partial charge in [-0.1, -0.05) is 30.3 Å². The van der Waals surface area contributed by atoms with E-state index in [1.165, 1.54) is 24.3 Å². The van der Waals surface area contributed by atoms with Crippen molar-refractivity contribution in [2.24, 2.45) is 0 Å². The standard InChI is InChI=1S/C9H6F4/c10-6-8(9(11,12)13)7-4-2-1-3-5-7/h1-6H. The fourth-order valence-corrected chi connectivity index (χ4v) is 0.906. The van der Waals surface area contributed by atoms with Crippen molar-refractivity contribution >= 4 is 5.57 Å². The smallest absolute Gasteiger partial charge is 0.215 e. The second-order valence-corrected chi connectivity index (χ2v) is 2.39. The third-order valence-corrected chi connectivity index (χ3v) is 1.50. The molecule has 0 aliphatic carbocycles. The molecule has 0 saturated carbocycles. The van der Waals surface area contributed by atoms with Crippen LogP contribution in [-0.2, 0) is 0 Å². The van der Waals surface area contributed by atoms with Crippen molar-refractivity contribution in [1.29, 1.82) is 0 Å². The molecule has 13 heavy (non-hydrogen) atoms. The summed E-state index contributed by atoms with van der Waals surface area (Å²) in [7, 11) is 0. The van der Waals surface area contributed by atoms with Gasteiger partial charge in [0.25, 0.3) is 0 Å². The summed E-state index contributed by atoms with van der Waals surface area (Å²) in [5.41, 5.74) is -1.43. The van der Waals surface area contributed by atoms with Gasteiger partial charge < -0.3 is 0 Å². The van der Waals surface area contributed by atoms with Gasteiger partial charge in [-0.25, -0.2) is 4.39 Å². The quantitative estimate of drug-likeness (QED) is 0.594. The van der Waals surface area contributed by atoms with E-state index < -0.39 is 18.1 Å². The Morgan fingerprint density at radius 1 is 1.08 bits per heavy atom. The van der Waals surface area contributed by atoms with Crippen LogP contribution in [0.25, 0.3) is 5.57 Å². The number of hydrogen-bond acceptors (Lipinski definition) is 0. The van der Waals surface area contributed by atoms with Crippen LogP contribution in [0.2, 0.25) is 0 Å². The summed E-state index contributed by atoms with van der Waals surface area (Å²) in [5, 5.41) is 0. The first-order valence-corrected chi connectivity index (χ1v) is 3.48. The third-order valence-electron chi connectivity index (χ3n) is 1.50. The maximum absolute atomic E-state index is 12.1. The highest BCUT2D eigenvalue weighted by molar-refractivity contribution is 5.68. The molecule has 0 saturated heterocycles. The normalized spacial score (nSPS) is 13.1. The monoisotopic (exact) mass is 190 g/mol. The Balaban J connectivity index is 3.08. The van der Waals surface area contributed by atoms with E-state index in [1.54, 1.807) is 6.07 Å². The van der Waals surface area contributed by atoms with Crippen molar-refractivity contribution in [3.63, 3.8) is 0 Å². The number of allylic oxidation sites excluding steroid dienone is 1. The lowest BCUT2D eigenvalue weighted by molar-refractivity contribution is -0.0694. The molecule has 0 spiro atoms. The minimum Gasteiger partial charge on any atom is -0.215 e. The average Bonchev–Trinajstić information content (AvgIpc) is 2.05. The zero-order valence-electron chi connectivity index (χ0n) is 6.48. The third kappa shape index (κ3) is 2.31. The molecule has 0 atom stereocenters. The van der Waals surface area contributed by atoms with E-state index in [-0.39, 0.29) is 5.56 Å². The van der Waals surface area contributed by atoms with E-state index in [2.05, 4.69) is 0 Å². The summed E-state index contributed by atoms with van der Waals surface area (Å²) in [6.07, 6.45) is -5.06. The van der Waals surface area contributed by atoms with E-state index in [1.807, 2.05) is 0 Å². The highest BCUT2D eigenvalue weighted by Crippen LogP contribution is 2.33. The molecule has 0 aliphatic heterocycles. The highest BCUT2D eigenvalue weighted by atomic mass is 19.4. The van der Waals surface area contributed by atoms with Crippen LogP contribution < -0.4 is 0 Å². The van der Waals surface area contributed by atoms with E-state index in [0.29, 0.717) is 0 Å². The lowest BCUT2D eigenvalue weighted by Gasteiger charge is -2.09. The maximum atomic E-state index is 12.1. The van der Waals surface area contributed by atoms with Crippen molar-refractivity contribution in [2.75, 3.05) is 0 Å². The van der Waals surface area contributed by atoms with Crippen molar-refractivity contribution in [3.8, 4) is 0 Å². The molecular weight excluding hydrogens is 184 g/mol. The Morgan fingerprint density at radius 2 is 1.62 bits per heavy atom. The zero-order chi connectivity index (χ0) is 9.90. The van der Waals surface area contributed by atoms with Gasteiger partial charge in [-0.2, -0.15) is 13.2 Å². The van der Waals surface area contributed by atoms with Crippen LogP contribution in [0.3, 0.4) is 0 Å². The van der Waals surface area contributed by atoms with Crippen molar-refractivity contribution in [1.82, 2.24) is 0 Å². The molecule has 0 heterocycles. The van der Waals surface area contributed by atoms with E-state index in [4.69, 9.17) is 0 Å². The fourth-order valence-electron chi connectivity index (χ4n) is 0.906. The molecule has 0 nitrogen and oxygen atoms in total. The number of benzene rings is 1. The predicted octanol–water partition coefficient (Wildman–Crippen LogP) is 3.56. The fraction of sp³-hybridized carbons (Fsp3) is 0.111. The van der Waals surface area contributed by atoms with Gasteiger partial charge in [0, 0.05) is 0 Å². The summed E-state index contributed by atoms with van der Waals surface area (Å²) in [5.74, 6) is 0. The van der Waals surface area contributed by atoms with Crippen molar-refractivity contribution < 1.29 is 17.6 Å². The molecule has 1 aromatic carbocycles. The second kappa shape index (κ2) is 3.60. The molecule has 0 unspecified atom stereocenters. The molecule has 4 heteroatoms. The van der Waals surface area contributed by atoms with Gasteiger partial charge in [0.15, 0.2) is 0 Å². The van der Waals surface area contributed by atoms with Crippen LogP contribution in [-0.4, -0.2) is 6.18 Å². The average molecular weight is 190 g/mol. The van der Waals surface area contributed by atoms with Crippen LogP contribution in [0.1, 0.15) is 5.56 Å². The van der Waals surface area contributed by atoms with Crippen LogP contribution in [0.4, 0.5) is 17.6 Å². The lowest BCUT2D eigenvalue weighted by Crippen LogP contribution is -2.10. The van der Waals surface area contributed by atoms with Crippen LogP contribution in [0.5, 0.6) is 0 Å². The van der Waals surface area contributed by atoms with Gasteiger partial charge in [0.2, 0.25) is 0 Å². The second-order valence-electron chi connectivity index (χ2n) is 2.39. The number of hydrogen-bond donors (Lipinski definition) is 0. The minimum absolute atomic E-state index is 0.169.